The highest BCUT2D eigenvalue weighted by atomic mass is 79.9. The molecule has 0 aliphatic rings. The molecule has 2 N–H and O–H groups in total. The Morgan fingerprint density at radius 1 is 1.20 bits per heavy atom. The van der Waals surface area contributed by atoms with Crippen molar-refractivity contribution in [3.8, 4) is 0 Å². The van der Waals surface area contributed by atoms with Crippen LogP contribution < -0.4 is 10.6 Å². The van der Waals surface area contributed by atoms with E-state index in [2.05, 4.69) is 57.3 Å². The van der Waals surface area contributed by atoms with Gasteiger partial charge in [0.2, 0.25) is 5.95 Å². The Kier molecular flexibility index (Phi) is 7.27. The summed E-state index contributed by atoms with van der Waals surface area (Å²) in [6.07, 6.45) is 6.89. The molecule has 0 aliphatic carbocycles. The van der Waals surface area contributed by atoms with Gasteiger partial charge in [0.1, 0.15) is 5.82 Å². The fourth-order valence-electron chi connectivity index (χ4n) is 2.00. The lowest BCUT2D eigenvalue weighted by Crippen LogP contribution is -2.23. The maximum Gasteiger partial charge on any atom is 0.224 e. The molecule has 0 fully saturated rings. The third kappa shape index (κ3) is 6.07. The van der Waals surface area contributed by atoms with Gasteiger partial charge in [-0.25, -0.2) is 4.98 Å². The molecule has 0 spiro atoms. The number of hydrogen-bond acceptors (Lipinski definition) is 4. The molecule has 1 aromatic rings. The molecular weight excluding hydrogens is 316 g/mol. The summed E-state index contributed by atoms with van der Waals surface area (Å²) in [7, 11) is 0. The molecule has 0 amide bonds. The molecule has 114 valence electrons. The van der Waals surface area contributed by atoms with Gasteiger partial charge in [0.25, 0.3) is 0 Å². The van der Waals surface area contributed by atoms with Crippen molar-refractivity contribution < 1.29 is 0 Å². The van der Waals surface area contributed by atoms with Crippen molar-refractivity contribution in [1.82, 2.24) is 9.97 Å². The van der Waals surface area contributed by atoms with Gasteiger partial charge in [0.05, 0.1) is 4.47 Å². The summed E-state index contributed by atoms with van der Waals surface area (Å²) in [5.41, 5.74) is 0.276. The van der Waals surface area contributed by atoms with Crippen LogP contribution in [0.1, 0.15) is 53.4 Å². The van der Waals surface area contributed by atoms with E-state index < -0.39 is 0 Å². The first kappa shape index (κ1) is 17.2. The minimum atomic E-state index is 0.276. The van der Waals surface area contributed by atoms with Crippen molar-refractivity contribution >= 4 is 27.7 Å². The van der Waals surface area contributed by atoms with Gasteiger partial charge in [0, 0.05) is 19.3 Å². The van der Waals surface area contributed by atoms with Gasteiger partial charge in [-0.15, -0.1) is 0 Å². The number of nitrogens with one attached hydrogen (secondary N) is 2. The standard InChI is InChI=1S/C15H27BrN4/c1-5-7-8-9-15(3,4)11-19-13-12(16)10-18-14(20-13)17-6-2/h10H,5-9,11H2,1-4H3,(H2,17,18,19,20). The fourth-order valence-corrected chi connectivity index (χ4v) is 2.33. The predicted octanol–water partition coefficient (Wildman–Crippen LogP) is 4.69. The molecule has 0 unspecified atom stereocenters. The second kappa shape index (κ2) is 8.45. The SMILES string of the molecule is CCCCCC(C)(C)CNc1nc(NCC)ncc1Br. The lowest BCUT2D eigenvalue weighted by molar-refractivity contribution is 0.342. The summed E-state index contributed by atoms with van der Waals surface area (Å²) in [6.45, 7) is 10.6. The van der Waals surface area contributed by atoms with Crippen LogP contribution in [0.15, 0.2) is 10.7 Å². The molecule has 1 heterocycles. The lowest BCUT2D eigenvalue weighted by Gasteiger charge is -2.25. The number of aromatic nitrogens is 2. The molecular formula is C15H27BrN4. The molecule has 0 aromatic carbocycles. The largest absolute Gasteiger partial charge is 0.368 e. The van der Waals surface area contributed by atoms with E-state index in [1.54, 1.807) is 6.20 Å². The van der Waals surface area contributed by atoms with Crippen molar-refractivity contribution in [2.45, 2.75) is 53.4 Å². The Labute approximate surface area is 131 Å². The van der Waals surface area contributed by atoms with Crippen LogP contribution in [0.4, 0.5) is 11.8 Å². The van der Waals surface area contributed by atoms with Crippen molar-refractivity contribution in [2.75, 3.05) is 23.7 Å². The zero-order chi connectivity index (χ0) is 15.0. The third-order valence-corrected chi connectivity index (χ3v) is 3.85. The van der Waals surface area contributed by atoms with Crippen molar-refractivity contribution in [2.24, 2.45) is 5.41 Å². The van der Waals surface area contributed by atoms with Crippen LogP contribution in [-0.2, 0) is 0 Å². The number of hydrogen-bond donors (Lipinski definition) is 2. The molecule has 4 nitrogen and oxygen atoms in total. The maximum absolute atomic E-state index is 4.48. The highest BCUT2D eigenvalue weighted by Crippen LogP contribution is 2.26. The van der Waals surface area contributed by atoms with Crippen LogP contribution in [-0.4, -0.2) is 23.1 Å². The summed E-state index contributed by atoms with van der Waals surface area (Å²) in [5, 5.41) is 6.57. The minimum Gasteiger partial charge on any atom is -0.368 e. The van der Waals surface area contributed by atoms with E-state index in [0.29, 0.717) is 5.95 Å². The van der Waals surface area contributed by atoms with E-state index in [1.165, 1.54) is 25.7 Å². The smallest absolute Gasteiger partial charge is 0.224 e. The number of halogens is 1. The summed E-state index contributed by atoms with van der Waals surface area (Å²) in [6, 6.07) is 0. The summed E-state index contributed by atoms with van der Waals surface area (Å²) in [4.78, 5) is 8.71. The Balaban J connectivity index is 2.57. The Bertz CT molecular complexity index is 407. The zero-order valence-electron chi connectivity index (χ0n) is 13.1. The number of unbranched alkanes of at least 4 members (excludes halogenated alkanes) is 2. The van der Waals surface area contributed by atoms with Gasteiger partial charge >= 0.3 is 0 Å². The molecule has 5 heteroatoms. The van der Waals surface area contributed by atoms with Crippen LogP contribution >= 0.6 is 15.9 Å². The molecule has 0 aliphatic heterocycles. The van der Waals surface area contributed by atoms with Crippen molar-refractivity contribution in [3.63, 3.8) is 0 Å². The van der Waals surface area contributed by atoms with Gasteiger partial charge in [-0.1, -0.05) is 40.0 Å². The average molecular weight is 343 g/mol. The Hall–Kier alpha value is -0.840. The normalized spacial score (nSPS) is 11.4. The summed E-state index contributed by atoms with van der Waals surface area (Å²) >= 11 is 3.50. The topological polar surface area (TPSA) is 49.8 Å². The van der Waals surface area contributed by atoms with E-state index in [4.69, 9.17) is 0 Å². The van der Waals surface area contributed by atoms with Gasteiger partial charge in [-0.3, -0.25) is 0 Å². The predicted molar refractivity (Wildman–Crippen MR) is 90.3 cm³/mol. The molecule has 20 heavy (non-hydrogen) atoms. The Morgan fingerprint density at radius 2 is 1.95 bits per heavy atom. The molecule has 0 saturated carbocycles. The summed E-state index contributed by atoms with van der Waals surface area (Å²) < 4.78 is 0.906. The fraction of sp³-hybridized carbons (Fsp3) is 0.733. The first-order chi connectivity index (χ1) is 9.48. The molecule has 0 saturated heterocycles. The first-order valence-corrected chi connectivity index (χ1v) is 8.28. The van der Waals surface area contributed by atoms with E-state index in [-0.39, 0.29) is 5.41 Å². The minimum absolute atomic E-state index is 0.276. The van der Waals surface area contributed by atoms with Gasteiger partial charge < -0.3 is 10.6 Å². The number of rotatable bonds is 9. The van der Waals surface area contributed by atoms with E-state index in [9.17, 15) is 0 Å². The van der Waals surface area contributed by atoms with Gasteiger partial charge in [0.15, 0.2) is 0 Å². The second-order valence-corrected chi connectivity index (χ2v) is 6.75. The first-order valence-electron chi connectivity index (χ1n) is 7.49. The summed E-state index contributed by atoms with van der Waals surface area (Å²) in [5.74, 6) is 1.53. The number of anilines is 2. The van der Waals surface area contributed by atoms with Gasteiger partial charge in [-0.05, 0) is 34.7 Å². The van der Waals surface area contributed by atoms with Crippen LogP contribution in [0, 0.1) is 5.41 Å². The molecule has 0 radical (unpaired) electrons. The Morgan fingerprint density at radius 3 is 2.60 bits per heavy atom. The average Bonchev–Trinajstić information content (AvgIpc) is 2.40. The highest BCUT2D eigenvalue weighted by molar-refractivity contribution is 9.10. The quantitative estimate of drug-likeness (QED) is 0.639. The lowest BCUT2D eigenvalue weighted by atomic mass is 9.87. The van der Waals surface area contributed by atoms with E-state index >= 15 is 0 Å². The molecule has 0 atom stereocenters. The van der Waals surface area contributed by atoms with Gasteiger partial charge in [-0.2, -0.15) is 4.98 Å². The second-order valence-electron chi connectivity index (χ2n) is 5.90. The van der Waals surface area contributed by atoms with E-state index in [0.717, 1.165) is 23.4 Å². The van der Waals surface area contributed by atoms with Crippen LogP contribution in [0.3, 0.4) is 0 Å². The van der Waals surface area contributed by atoms with Crippen LogP contribution in [0.5, 0.6) is 0 Å². The zero-order valence-corrected chi connectivity index (χ0v) is 14.7. The van der Waals surface area contributed by atoms with E-state index in [1.807, 2.05) is 6.92 Å². The third-order valence-electron chi connectivity index (χ3n) is 3.27. The maximum atomic E-state index is 4.48. The van der Waals surface area contributed by atoms with Crippen molar-refractivity contribution in [3.05, 3.63) is 10.7 Å². The van der Waals surface area contributed by atoms with Crippen LogP contribution in [0.2, 0.25) is 0 Å². The number of nitrogens with zero attached hydrogens (tertiary/aromatic N) is 2. The van der Waals surface area contributed by atoms with Crippen LogP contribution in [0.25, 0.3) is 0 Å². The monoisotopic (exact) mass is 342 g/mol. The van der Waals surface area contributed by atoms with Crippen molar-refractivity contribution in [1.29, 1.82) is 0 Å². The molecule has 0 bridgehead atoms. The molecule has 1 aromatic heterocycles. The highest BCUT2D eigenvalue weighted by Gasteiger charge is 2.18. The molecule has 1 rings (SSSR count).